The lowest BCUT2D eigenvalue weighted by Gasteiger charge is -2.15. The molecule has 0 saturated heterocycles. The first kappa shape index (κ1) is 16.8. The Bertz CT molecular complexity index is 598. The van der Waals surface area contributed by atoms with Crippen LogP contribution in [0.3, 0.4) is 0 Å². The number of rotatable bonds is 7. The summed E-state index contributed by atoms with van der Waals surface area (Å²) in [6, 6.07) is 12.9. The molecule has 0 spiro atoms. The standard InChI is InChI=1S/C18H21ClFNO/c1-3-13(2)21-11-14-7-4-5-10-18(14)22-12-15-16(19)8-6-9-17(15)20/h4-10,13,21H,3,11-12H2,1-2H3/t13-/m0/s1. The van der Waals surface area contributed by atoms with Gasteiger partial charge in [0.15, 0.2) is 0 Å². The van der Waals surface area contributed by atoms with Gasteiger partial charge in [0, 0.05) is 23.7 Å². The minimum atomic E-state index is -0.345. The highest BCUT2D eigenvalue weighted by atomic mass is 35.5. The van der Waals surface area contributed by atoms with Crippen LogP contribution >= 0.6 is 11.6 Å². The van der Waals surface area contributed by atoms with Crippen molar-refractivity contribution >= 4 is 11.6 Å². The van der Waals surface area contributed by atoms with Gasteiger partial charge in [0.2, 0.25) is 0 Å². The van der Waals surface area contributed by atoms with Crippen molar-refractivity contribution in [2.45, 2.75) is 39.5 Å². The molecule has 0 fully saturated rings. The van der Waals surface area contributed by atoms with E-state index in [0.717, 1.165) is 24.3 Å². The third-order valence-corrected chi connectivity index (χ3v) is 4.01. The average Bonchev–Trinajstić information content (AvgIpc) is 2.53. The van der Waals surface area contributed by atoms with E-state index in [1.807, 2.05) is 24.3 Å². The van der Waals surface area contributed by atoms with E-state index in [4.69, 9.17) is 16.3 Å². The van der Waals surface area contributed by atoms with E-state index < -0.39 is 0 Å². The molecule has 1 atom stereocenters. The number of benzene rings is 2. The fourth-order valence-electron chi connectivity index (χ4n) is 2.04. The number of para-hydroxylation sites is 1. The molecule has 118 valence electrons. The summed E-state index contributed by atoms with van der Waals surface area (Å²) in [4.78, 5) is 0. The Hall–Kier alpha value is -1.58. The van der Waals surface area contributed by atoms with Crippen LogP contribution in [0.25, 0.3) is 0 Å². The Labute approximate surface area is 136 Å². The van der Waals surface area contributed by atoms with Gasteiger partial charge in [-0.3, -0.25) is 0 Å². The molecule has 0 bridgehead atoms. The van der Waals surface area contributed by atoms with Crippen molar-refractivity contribution in [3.8, 4) is 5.75 Å². The zero-order valence-electron chi connectivity index (χ0n) is 12.9. The topological polar surface area (TPSA) is 21.3 Å². The molecular weight excluding hydrogens is 301 g/mol. The van der Waals surface area contributed by atoms with Crippen LogP contribution in [0.5, 0.6) is 5.75 Å². The zero-order valence-corrected chi connectivity index (χ0v) is 13.7. The van der Waals surface area contributed by atoms with E-state index in [2.05, 4.69) is 19.2 Å². The summed E-state index contributed by atoms with van der Waals surface area (Å²) in [5.41, 5.74) is 1.43. The fourth-order valence-corrected chi connectivity index (χ4v) is 2.26. The largest absolute Gasteiger partial charge is 0.488 e. The summed E-state index contributed by atoms with van der Waals surface area (Å²) in [7, 11) is 0. The lowest BCUT2D eigenvalue weighted by atomic mass is 10.1. The Morgan fingerprint density at radius 1 is 1.18 bits per heavy atom. The van der Waals surface area contributed by atoms with Gasteiger partial charge in [-0.1, -0.05) is 42.8 Å². The second kappa shape index (κ2) is 8.16. The van der Waals surface area contributed by atoms with Crippen LogP contribution in [-0.4, -0.2) is 6.04 Å². The highest BCUT2D eigenvalue weighted by Crippen LogP contribution is 2.23. The van der Waals surface area contributed by atoms with Gasteiger partial charge in [-0.25, -0.2) is 4.39 Å². The van der Waals surface area contributed by atoms with Gasteiger partial charge < -0.3 is 10.1 Å². The first-order chi connectivity index (χ1) is 10.6. The first-order valence-electron chi connectivity index (χ1n) is 7.48. The van der Waals surface area contributed by atoms with Gasteiger partial charge in [-0.05, 0) is 31.5 Å². The van der Waals surface area contributed by atoms with Gasteiger partial charge in [0.1, 0.15) is 18.2 Å². The Morgan fingerprint density at radius 3 is 2.68 bits per heavy atom. The normalized spacial score (nSPS) is 12.2. The molecule has 0 amide bonds. The maximum absolute atomic E-state index is 13.8. The van der Waals surface area contributed by atoms with Crippen molar-refractivity contribution < 1.29 is 9.13 Å². The van der Waals surface area contributed by atoms with E-state index >= 15 is 0 Å². The predicted molar refractivity (Wildman–Crippen MR) is 88.8 cm³/mol. The summed E-state index contributed by atoms with van der Waals surface area (Å²) in [5, 5.41) is 3.81. The predicted octanol–water partition coefficient (Wildman–Crippen LogP) is 4.95. The molecule has 2 aromatic rings. The minimum absolute atomic E-state index is 0.117. The van der Waals surface area contributed by atoms with Crippen molar-refractivity contribution in [2.24, 2.45) is 0 Å². The Balaban J connectivity index is 2.07. The molecule has 1 N–H and O–H groups in total. The molecule has 4 heteroatoms. The molecule has 0 unspecified atom stereocenters. The van der Waals surface area contributed by atoms with Crippen LogP contribution in [0.2, 0.25) is 5.02 Å². The molecule has 0 aliphatic carbocycles. The smallest absolute Gasteiger partial charge is 0.131 e. The van der Waals surface area contributed by atoms with Crippen molar-refractivity contribution in [1.29, 1.82) is 0 Å². The lowest BCUT2D eigenvalue weighted by Crippen LogP contribution is -2.24. The monoisotopic (exact) mass is 321 g/mol. The number of hydrogen-bond acceptors (Lipinski definition) is 2. The van der Waals surface area contributed by atoms with Crippen LogP contribution in [-0.2, 0) is 13.2 Å². The summed E-state index contributed by atoms with van der Waals surface area (Å²) >= 11 is 6.02. The van der Waals surface area contributed by atoms with Gasteiger partial charge >= 0.3 is 0 Å². The molecule has 2 nitrogen and oxygen atoms in total. The molecule has 0 aliphatic rings. The molecule has 22 heavy (non-hydrogen) atoms. The second-order valence-electron chi connectivity index (χ2n) is 5.29. The zero-order chi connectivity index (χ0) is 15.9. The van der Waals surface area contributed by atoms with Crippen LogP contribution in [0.15, 0.2) is 42.5 Å². The molecule has 0 radical (unpaired) electrons. The highest BCUT2D eigenvalue weighted by Gasteiger charge is 2.10. The van der Waals surface area contributed by atoms with Crippen molar-refractivity contribution in [1.82, 2.24) is 5.32 Å². The van der Waals surface area contributed by atoms with Gasteiger partial charge in [-0.15, -0.1) is 0 Å². The lowest BCUT2D eigenvalue weighted by molar-refractivity contribution is 0.295. The van der Waals surface area contributed by atoms with Crippen LogP contribution in [0, 0.1) is 5.82 Å². The van der Waals surface area contributed by atoms with E-state index in [1.165, 1.54) is 6.07 Å². The summed E-state index contributed by atoms with van der Waals surface area (Å²) in [5.74, 6) is 0.403. The third-order valence-electron chi connectivity index (χ3n) is 3.66. The number of hydrogen-bond donors (Lipinski definition) is 1. The Kier molecular flexibility index (Phi) is 6.22. The van der Waals surface area contributed by atoms with Gasteiger partial charge in [0.25, 0.3) is 0 Å². The van der Waals surface area contributed by atoms with Gasteiger partial charge in [-0.2, -0.15) is 0 Å². The van der Waals surface area contributed by atoms with Crippen LogP contribution in [0.4, 0.5) is 4.39 Å². The minimum Gasteiger partial charge on any atom is -0.488 e. The van der Waals surface area contributed by atoms with E-state index in [9.17, 15) is 4.39 Å². The maximum Gasteiger partial charge on any atom is 0.131 e. The second-order valence-corrected chi connectivity index (χ2v) is 5.69. The van der Waals surface area contributed by atoms with E-state index in [1.54, 1.807) is 12.1 Å². The quantitative estimate of drug-likeness (QED) is 0.779. The molecule has 0 heterocycles. The molecule has 0 saturated carbocycles. The van der Waals surface area contributed by atoms with Crippen molar-refractivity contribution in [3.05, 3.63) is 64.4 Å². The highest BCUT2D eigenvalue weighted by molar-refractivity contribution is 6.31. The third kappa shape index (κ3) is 4.46. The molecule has 0 aromatic heterocycles. The summed E-state index contributed by atoms with van der Waals surface area (Å²) in [6.45, 7) is 5.12. The first-order valence-corrected chi connectivity index (χ1v) is 7.86. The van der Waals surface area contributed by atoms with E-state index in [-0.39, 0.29) is 12.4 Å². The summed E-state index contributed by atoms with van der Waals surface area (Å²) in [6.07, 6.45) is 1.06. The molecule has 2 rings (SSSR count). The van der Waals surface area contributed by atoms with Crippen LogP contribution < -0.4 is 10.1 Å². The number of nitrogens with one attached hydrogen (secondary N) is 1. The van der Waals surface area contributed by atoms with Gasteiger partial charge in [0.05, 0.1) is 5.02 Å². The molecule has 2 aromatic carbocycles. The van der Waals surface area contributed by atoms with E-state index in [0.29, 0.717) is 16.6 Å². The van der Waals surface area contributed by atoms with Crippen molar-refractivity contribution in [2.75, 3.05) is 0 Å². The SMILES string of the molecule is CC[C@H](C)NCc1ccccc1OCc1c(F)cccc1Cl. The molecule has 0 aliphatic heterocycles. The number of halogens is 2. The Morgan fingerprint density at radius 2 is 1.95 bits per heavy atom. The van der Waals surface area contributed by atoms with Crippen LogP contribution in [0.1, 0.15) is 31.4 Å². The van der Waals surface area contributed by atoms with Crippen molar-refractivity contribution in [3.63, 3.8) is 0 Å². The maximum atomic E-state index is 13.8. The molecular formula is C18H21ClFNO. The average molecular weight is 322 g/mol. The fraction of sp³-hybridized carbons (Fsp3) is 0.333. The number of ether oxygens (including phenoxy) is 1. The summed E-state index contributed by atoms with van der Waals surface area (Å²) < 4.78 is 19.6.